The SMILES string of the molecule is CC(=O)CC1C(=O)C=COC1=O. The molecular weight excluding hydrogens is 160 g/mol. The molecule has 0 aliphatic carbocycles. The average molecular weight is 168 g/mol. The van der Waals surface area contributed by atoms with E-state index in [1.54, 1.807) is 0 Å². The number of rotatable bonds is 2. The minimum absolute atomic E-state index is 0.0675. The number of carbonyl (C=O) groups is 3. The van der Waals surface area contributed by atoms with E-state index in [9.17, 15) is 14.4 Å². The van der Waals surface area contributed by atoms with E-state index in [4.69, 9.17) is 0 Å². The second kappa shape index (κ2) is 3.30. The maximum absolute atomic E-state index is 11.0. The lowest BCUT2D eigenvalue weighted by Crippen LogP contribution is -2.28. The van der Waals surface area contributed by atoms with Crippen LogP contribution in [0.25, 0.3) is 0 Å². The Kier molecular flexibility index (Phi) is 2.38. The molecule has 1 rings (SSSR count). The van der Waals surface area contributed by atoms with Crippen molar-refractivity contribution in [1.82, 2.24) is 0 Å². The molecule has 0 aromatic carbocycles. The second-order valence-corrected chi connectivity index (χ2v) is 2.60. The van der Waals surface area contributed by atoms with Crippen LogP contribution in [0.5, 0.6) is 0 Å². The van der Waals surface area contributed by atoms with Crippen molar-refractivity contribution in [3.05, 3.63) is 12.3 Å². The van der Waals surface area contributed by atoms with Crippen molar-refractivity contribution in [2.75, 3.05) is 0 Å². The number of esters is 1. The fourth-order valence-corrected chi connectivity index (χ4v) is 0.954. The molecule has 1 unspecified atom stereocenters. The fourth-order valence-electron chi connectivity index (χ4n) is 0.954. The summed E-state index contributed by atoms with van der Waals surface area (Å²) in [6, 6.07) is 0. The summed E-state index contributed by atoms with van der Waals surface area (Å²) in [6.45, 7) is 1.33. The summed E-state index contributed by atoms with van der Waals surface area (Å²) in [4.78, 5) is 32.5. The minimum Gasteiger partial charge on any atom is -0.434 e. The van der Waals surface area contributed by atoms with Gasteiger partial charge >= 0.3 is 5.97 Å². The third-order valence-electron chi connectivity index (χ3n) is 1.54. The van der Waals surface area contributed by atoms with Crippen molar-refractivity contribution >= 4 is 17.5 Å². The Morgan fingerprint density at radius 2 is 2.25 bits per heavy atom. The van der Waals surface area contributed by atoms with E-state index in [2.05, 4.69) is 4.74 Å². The van der Waals surface area contributed by atoms with Gasteiger partial charge in [0.15, 0.2) is 5.78 Å². The molecule has 1 aliphatic heterocycles. The molecule has 0 saturated heterocycles. The maximum Gasteiger partial charge on any atom is 0.322 e. The summed E-state index contributed by atoms with van der Waals surface area (Å²) in [5, 5.41) is 0. The lowest BCUT2D eigenvalue weighted by Gasteiger charge is -2.12. The molecule has 0 spiro atoms. The highest BCUT2D eigenvalue weighted by Crippen LogP contribution is 2.13. The van der Waals surface area contributed by atoms with Crippen molar-refractivity contribution in [2.24, 2.45) is 5.92 Å². The predicted octanol–water partition coefficient (Wildman–Crippen LogP) is 0.221. The Morgan fingerprint density at radius 3 is 2.75 bits per heavy atom. The van der Waals surface area contributed by atoms with Crippen LogP contribution in [0, 0.1) is 5.92 Å². The zero-order valence-electron chi connectivity index (χ0n) is 6.57. The first-order chi connectivity index (χ1) is 5.61. The highest BCUT2D eigenvalue weighted by atomic mass is 16.5. The summed E-state index contributed by atoms with van der Waals surface area (Å²) in [7, 11) is 0. The predicted molar refractivity (Wildman–Crippen MR) is 39.0 cm³/mol. The fraction of sp³-hybridized carbons (Fsp3) is 0.375. The van der Waals surface area contributed by atoms with Crippen molar-refractivity contribution in [3.63, 3.8) is 0 Å². The molecule has 0 saturated carbocycles. The van der Waals surface area contributed by atoms with E-state index < -0.39 is 11.9 Å². The zero-order valence-corrected chi connectivity index (χ0v) is 6.57. The van der Waals surface area contributed by atoms with Gasteiger partial charge in [-0.2, -0.15) is 0 Å². The van der Waals surface area contributed by atoms with E-state index in [0.717, 1.165) is 12.3 Å². The number of carbonyl (C=O) groups excluding carboxylic acids is 3. The van der Waals surface area contributed by atoms with E-state index in [1.165, 1.54) is 6.92 Å². The van der Waals surface area contributed by atoms with Gasteiger partial charge in [-0.3, -0.25) is 14.4 Å². The topological polar surface area (TPSA) is 60.4 Å². The molecule has 4 heteroatoms. The highest BCUT2D eigenvalue weighted by Gasteiger charge is 2.29. The monoisotopic (exact) mass is 168 g/mol. The Labute approximate surface area is 69.2 Å². The van der Waals surface area contributed by atoms with Crippen molar-refractivity contribution in [1.29, 1.82) is 0 Å². The average Bonchev–Trinajstić information content (AvgIpc) is 1.97. The first kappa shape index (κ1) is 8.64. The van der Waals surface area contributed by atoms with Crippen LogP contribution in [0.4, 0.5) is 0 Å². The lowest BCUT2D eigenvalue weighted by atomic mass is 9.97. The first-order valence-corrected chi connectivity index (χ1v) is 3.51. The number of cyclic esters (lactones) is 1. The molecule has 1 atom stereocenters. The number of ether oxygens (including phenoxy) is 1. The molecule has 0 amide bonds. The standard InChI is InChI=1S/C8H8O4/c1-5(9)4-6-7(10)2-3-12-8(6)11/h2-3,6H,4H2,1H3. The molecule has 12 heavy (non-hydrogen) atoms. The van der Waals surface area contributed by atoms with Crippen LogP contribution in [-0.2, 0) is 19.1 Å². The molecule has 0 fully saturated rings. The first-order valence-electron chi connectivity index (χ1n) is 3.51. The van der Waals surface area contributed by atoms with Crippen LogP contribution < -0.4 is 0 Å². The van der Waals surface area contributed by atoms with Crippen LogP contribution in [0.3, 0.4) is 0 Å². The molecule has 0 bridgehead atoms. The Morgan fingerprint density at radius 1 is 1.58 bits per heavy atom. The van der Waals surface area contributed by atoms with E-state index in [0.29, 0.717) is 0 Å². The number of hydrogen-bond acceptors (Lipinski definition) is 4. The van der Waals surface area contributed by atoms with Crippen molar-refractivity contribution < 1.29 is 19.1 Å². The summed E-state index contributed by atoms with van der Waals surface area (Å²) >= 11 is 0. The zero-order chi connectivity index (χ0) is 9.14. The van der Waals surface area contributed by atoms with E-state index in [-0.39, 0.29) is 18.0 Å². The molecule has 64 valence electrons. The quantitative estimate of drug-likeness (QED) is 0.437. The van der Waals surface area contributed by atoms with Crippen LogP contribution >= 0.6 is 0 Å². The van der Waals surface area contributed by atoms with Gasteiger partial charge in [0.05, 0.1) is 6.26 Å². The number of hydrogen-bond donors (Lipinski definition) is 0. The normalized spacial score (nSPS) is 22.2. The van der Waals surface area contributed by atoms with Gasteiger partial charge in [0.1, 0.15) is 11.7 Å². The third-order valence-corrected chi connectivity index (χ3v) is 1.54. The van der Waals surface area contributed by atoms with E-state index in [1.807, 2.05) is 0 Å². The van der Waals surface area contributed by atoms with Gasteiger partial charge < -0.3 is 4.74 Å². The van der Waals surface area contributed by atoms with Gasteiger partial charge in [0.2, 0.25) is 0 Å². The van der Waals surface area contributed by atoms with Gasteiger partial charge in [-0.1, -0.05) is 0 Å². The molecule has 1 aliphatic rings. The number of Topliss-reactive ketones (excluding diaryl/α,β-unsaturated/α-hetero) is 1. The van der Waals surface area contributed by atoms with Crippen LogP contribution in [0.2, 0.25) is 0 Å². The Hall–Kier alpha value is -1.45. The minimum atomic E-state index is -0.924. The Bertz CT molecular complexity index is 264. The summed E-state index contributed by atoms with van der Waals surface area (Å²) in [5.41, 5.74) is 0. The van der Waals surface area contributed by atoms with Gasteiger partial charge in [-0.15, -0.1) is 0 Å². The molecule has 0 aromatic heterocycles. The molecule has 0 aromatic rings. The van der Waals surface area contributed by atoms with Gasteiger partial charge in [-0.25, -0.2) is 0 Å². The summed E-state index contributed by atoms with van der Waals surface area (Å²) < 4.78 is 4.47. The van der Waals surface area contributed by atoms with Crippen molar-refractivity contribution in [3.8, 4) is 0 Å². The lowest BCUT2D eigenvalue weighted by molar-refractivity contribution is -0.149. The second-order valence-electron chi connectivity index (χ2n) is 2.60. The summed E-state index contributed by atoms with van der Waals surface area (Å²) in [6.07, 6.45) is 2.14. The number of allylic oxidation sites excluding steroid dienone is 1. The van der Waals surface area contributed by atoms with E-state index >= 15 is 0 Å². The maximum atomic E-state index is 11.0. The largest absolute Gasteiger partial charge is 0.434 e. The third kappa shape index (κ3) is 1.78. The van der Waals surface area contributed by atoms with Gasteiger partial charge in [0, 0.05) is 12.5 Å². The number of ketones is 2. The molecular formula is C8H8O4. The van der Waals surface area contributed by atoms with Crippen LogP contribution in [-0.4, -0.2) is 17.5 Å². The Balaban J connectivity index is 2.73. The van der Waals surface area contributed by atoms with Crippen molar-refractivity contribution in [2.45, 2.75) is 13.3 Å². The smallest absolute Gasteiger partial charge is 0.322 e. The summed E-state index contributed by atoms with van der Waals surface area (Å²) in [5.74, 6) is -2.12. The van der Waals surface area contributed by atoms with Gasteiger partial charge in [-0.05, 0) is 6.92 Å². The highest BCUT2D eigenvalue weighted by molar-refractivity contribution is 6.08. The van der Waals surface area contributed by atoms with Crippen LogP contribution in [0.1, 0.15) is 13.3 Å². The molecule has 0 radical (unpaired) electrons. The molecule has 1 heterocycles. The molecule has 0 N–H and O–H groups in total. The van der Waals surface area contributed by atoms with Crippen LogP contribution in [0.15, 0.2) is 12.3 Å². The molecule has 4 nitrogen and oxygen atoms in total. The van der Waals surface area contributed by atoms with Gasteiger partial charge in [0.25, 0.3) is 0 Å².